The summed E-state index contributed by atoms with van der Waals surface area (Å²) in [5.74, 6) is -1.40. The lowest BCUT2D eigenvalue weighted by Gasteiger charge is -2.16. The maximum atomic E-state index is 15.1. The molecule has 3 rings (SSSR count). The monoisotopic (exact) mass is 499 g/mol. The number of carbonyl (C=O) groups is 2. The van der Waals surface area contributed by atoms with Crippen molar-refractivity contribution >= 4 is 24.5 Å². The van der Waals surface area contributed by atoms with Gasteiger partial charge in [0.25, 0.3) is 6.01 Å². The largest absolute Gasteiger partial charge is 0.478 e. The summed E-state index contributed by atoms with van der Waals surface area (Å²) in [5, 5.41) is 11.9. The molecule has 2 N–H and O–H groups in total. The summed E-state index contributed by atoms with van der Waals surface area (Å²) in [6.07, 6.45) is 2.25. The second-order valence-electron chi connectivity index (χ2n) is 8.57. The van der Waals surface area contributed by atoms with Crippen LogP contribution in [0.5, 0.6) is 6.01 Å². The number of thiol groups is 1. The smallest absolute Gasteiger partial charge is 0.336 e. The number of carbonyl (C=O) groups excluding carboxylic acids is 1. The van der Waals surface area contributed by atoms with E-state index in [1.807, 2.05) is 20.8 Å². The van der Waals surface area contributed by atoms with Crippen LogP contribution in [0.4, 0.5) is 4.39 Å². The molecular weight excluding hydrogens is 469 g/mol. The third kappa shape index (κ3) is 6.63. The van der Waals surface area contributed by atoms with Crippen molar-refractivity contribution in [3.8, 4) is 17.1 Å². The Morgan fingerprint density at radius 1 is 1.23 bits per heavy atom. The summed E-state index contributed by atoms with van der Waals surface area (Å²) in [4.78, 5) is 28.2. The molecule has 2 aromatic carbocycles. The van der Waals surface area contributed by atoms with Crippen molar-refractivity contribution in [3.63, 3.8) is 0 Å². The SMILES string of the molecule is CCOc1ncc(CNC(=O)[C@@H](S)CC(C)C)n1Cc1ccc(-c2ccccc2C(=O)O)cc1F. The van der Waals surface area contributed by atoms with Gasteiger partial charge in [-0.15, -0.1) is 0 Å². The molecule has 0 radical (unpaired) electrons. The van der Waals surface area contributed by atoms with Gasteiger partial charge in [0, 0.05) is 5.56 Å². The van der Waals surface area contributed by atoms with Crippen LogP contribution in [0.1, 0.15) is 48.8 Å². The Bertz CT molecular complexity index is 1200. The van der Waals surface area contributed by atoms with E-state index >= 15 is 4.39 Å². The fourth-order valence-electron chi connectivity index (χ4n) is 3.73. The van der Waals surface area contributed by atoms with E-state index < -0.39 is 17.0 Å². The number of amides is 1. The van der Waals surface area contributed by atoms with Crippen LogP contribution >= 0.6 is 12.6 Å². The Morgan fingerprint density at radius 3 is 2.63 bits per heavy atom. The van der Waals surface area contributed by atoms with Gasteiger partial charge in [-0.1, -0.05) is 44.2 Å². The van der Waals surface area contributed by atoms with Gasteiger partial charge < -0.3 is 15.2 Å². The second-order valence-corrected chi connectivity index (χ2v) is 9.19. The standard InChI is InChI=1S/C26H30FN3O4S/c1-4-34-26-29-14-19(13-28-24(31)23(35)11-16(2)3)30(26)15-18-10-9-17(12-22(18)27)20-7-5-6-8-21(20)25(32)33/h5-10,12,14,16,23,35H,4,11,13,15H2,1-3H3,(H,28,31)(H,32,33)/t23-/m0/s1. The van der Waals surface area contributed by atoms with Gasteiger partial charge in [-0.3, -0.25) is 9.36 Å². The van der Waals surface area contributed by atoms with E-state index in [9.17, 15) is 14.7 Å². The zero-order valence-electron chi connectivity index (χ0n) is 20.0. The Kier molecular flexibility index (Phi) is 8.92. The number of nitrogens with zero attached hydrogens (tertiary/aromatic N) is 2. The third-order valence-electron chi connectivity index (χ3n) is 5.47. The molecule has 7 nitrogen and oxygen atoms in total. The fraction of sp³-hybridized carbons (Fsp3) is 0.346. The topological polar surface area (TPSA) is 93.5 Å². The number of carboxylic acid groups (broad SMARTS) is 1. The summed E-state index contributed by atoms with van der Waals surface area (Å²) >= 11 is 4.38. The van der Waals surface area contributed by atoms with Crippen LogP contribution in [0, 0.1) is 11.7 Å². The average Bonchev–Trinajstić information content (AvgIpc) is 3.19. The number of halogens is 1. The number of hydrogen-bond acceptors (Lipinski definition) is 5. The fourth-order valence-corrected chi connectivity index (χ4v) is 4.24. The number of hydrogen-bond donors (Lipinski definition) is 3. The highest BCUT2D eigenvalue weighted by Gasteiger charge is 2.19. The van der Waals surface area contributed by atoms with Crippen LogP contribution in [0.15, 0.2) is 48.7 Å². The molecule has 0 aliphatic rings. The van der Waals surface area contributed by atoms with Crippen LogP contribution < -0.4 is 10.1 Å². The zero-order chi connectivity index (χ0) is 25.5. The highest BCUT2D eigenvalue weighted by molar-refractivity contribution is 7.81. The minimum atomic E-state index is -1.08. The number of ether oxygens (including phenoxy) is 1. The number of imidazole rings is 1. The lowest BCUT2D eigenvalue weighted by atomic mass is 9.98. The molecule has 0 bridgehead atoms. The minimum Gasteiger partial charge on any atom is -0.478 e. The molecule has 0 spiro atoms. The van der Waals surface area contributed by atoms with E-state index in [1.54, 1.807) is 41.1 Å². The van der Waals surface area contributed by atoms with Gasteiger partial charge in [-0.25, -0.2) is 14.2 Å². The molecule has 1 amide bonds. The van der Waals surface area contributed by atoms with Crippen molar-refractivity contribution in [1.29, 1.82) is 0 Å². The Labute approximate surface area is 209 Å². The molecule has 9 heteroatoms. The van der Waals surface area contributed by atoms with Crippen LogP contribution in [-0.4, -0.2) is 38.4 Å². The molecule has 1 aromatic heterocycles. The molecule has 1 heterocycles. The van der Waals surface area contributed by atoms with Gasteiger partial charge in [-0.05, 0) is 42.5 Å². The lowest BCUT2D eigenvalue weighted by Crippen LogP contribution is -2.32. The molecule has 0 saturated heterocycles. The van der Waals surface area contributed by atoms with Crippen molar-refractivity contribution in [1.82, 2.24) is 14.9 Å². The van der Waals surface area contributed by atoms with Gasteiger partial charge in [-0.2, -0.15) is 12.6 Å². The van der Waals surface area contributed by atoms with Crippen molar-refractivity contribution in [2.45, 2.75) is 45.5 Å². The minimum absolute atomic E-state index is 0.103. The lowest BCUT2D eigenvalue weighted by molar-refractivity contribution is -0.121. The number of carboxylic acids is 1. The number of aromatic nitrogens is 2. The molecule has 0 aliphatic heterocycles. The predicted molar refractivity (Wildman–Crippen MR) is 135 cm³/mol. The van der Waals surface area contributed by atoms with Crippen molar-refractivity contribution in [3.05, 3.63) is 71.3 Å². The Morgan fingerprint density at radius 2 is 1.97 bits per heavy atom. The first-order valence-corrected chi connectivity index (χ1v) is 12.0. The first-order valence-electron chi connectivity index (χ1n) is 11.4. The second kappa shape index (κ2) is 11.9. The van der Waals surface area contributed by atoms with E-state index in [-0.39, 0.29) is 24.6 Å². The van der Waals surface area contributed by atoms with Crippen molar-refractivity contribution in [2.75, 3.05) is 6.61 Å². The van der Waals surface area contributed by atoms with Gasteiger partial charge in [0.2, 0.25) is 5.91 Å². The van der Waals surface area contributed by atoms with E-state index in [0.717, 1.165) is 0 Å². The Balaban J connectivity index is 1.84. The van der Waals surface area contributed by atoms with Gasteiger partial charge in [0.05, 0.1) is 42.4 Å². The highest BCUT2D eigenvalue weighted by atomic mass is 32.1. The van der Waals surface area contributed by atoms with Gasteiger partial charge in [0.15, 0.2) is 0 Å². The molecule has 0 fully saturated rings. The molecule has 0 aliphatic carbocycles. The van der Waals surface area contributed by atoms with Crippen molar-refractivity contribution in [2.24, 2.45) is 5.92 Å². The summed E-state index contributed by atoms with van der Waals surface area (Å²) < 4.78 is 22.5. The van der Waals surface area contributed by atoms with E-state index in [0.29, 0.717) is 47.3 Å². The third-order valence-corrected chi connectivity index (χ3v) is 5.91. The zero-order valence-corrected chi connectivity index (χ0v) is 20.9. The molecule has 0 saturated carbocycles. The quantitative estimate of drug-likeness (QED) is 0.330. The first-order chi connectivity index (χ1) is 16.7. The average molecular weight is 500 g/mol. The molecule has 186 valence electrons. The van der Waals surface area contributed by atoms with E-state index in [4.69, 9.17) is 4.74 Å². The number of aromatic carboxylic acids is 1. The van der Waals surface area contributed by atoms with Gasteiger partial charge in [0.1, 0.15) is 5.82 Å². The summed E-state index contributed by atoms with van der Waals surface area (Å²) in [5.41, 5.74) is 2.05. The maximum Gasteiger partial charge on any atom is 0.336 e. The van der Waals surface area contributed by atoms with Crippen LogP contribution in [0.3, 0.4) is 0 Å². The Hall–Kier alpha value is -3.33. The predicted octanol–water partition coefficient (Wildman–Crippen LogP) is 4.80. The van der Waals surface area contributed by atoms with Crippen molar-refractivity contribution < 1.29 is 23.8 Å². The van der Waals surface area contributed by atoms with Crippen LogP contribution in [0.25, 0.3) is 11.1 Å². The maximum absolute atomic E-state index is 15.1. The summed E-state index contributed by atoms with van der Waals surface area (Å²) in [7, 11) is 0. The molecule has 0 unspecified atom stereocenters. The van der Waals surface area contributed by atoms with Crippen LogP contribution in [0.2, 0.25) is 0 Å². The number of benzene rings is 2. The van der Waals surface area contributed by atoms with E-state index in [1.165, 1.54) is 12.1 Å². The van der Waals surface area contributed by atoms with Crippen LogP contribution in [-0.2, 0) is 17.9 Å². The molecule has 3 aromatic rings. The highest BCUT2D eigenvalue weighted by Crippen LogP contribution is 2.27. The molecule has 1 atom stereocenters. The summed E-state index contributed by atoms with van der Waals surface area (Å²) in [6, 6.07) is 11.4. The summed E-state index contributed by atoms with van der Waals surface area (Å²) in [6.45, 7) is 6.58. The van der Waals surface area contributed by atoms with E-state index in [2.05, 4.69) is 22.9 Å². The molecule has 35 heavy (non-hydrogen) atoms. The number of nitrogens with one attached hydrogen (secondary N) is 1. The normalized spacial score (nSPS) is 11.9. The first kappa shape index (κ1) is 26.3. The molecular formula is C26H30FN3O4S. The van der Waals surface area contributed by atoms with Gasteiger partial charge >= 0.3 is 5.97 Å². The number of rotatable bonds is 11.